The lowest BCUT2D eigenvalue weighted by atomic mass is 9.92. The van der Waals surface area contributed by atoms with Crippen LogP contribution in [0.3, 0.4) is 0 Å². The summed E-state index contributed by atoms with van der Waals surface area (Å²) < 4.78 is 0. The van der Waals surface area contributed by atoms with Gasteiger partial charge in [-0.2, -0.15) is 0 Å². The quantitative estimate of drug-likeness (QED) is 0.570. The topological polar surface area (TPSA) is 46.2 Å². The van der Waals surface area contributed by atoms with Crippen molar-refractivity contribution >= 4 is 39.6 Å². The monoisotopic (exact) mass is 395 g/mol. The van der Waals surface area contributed by atoms with Crippen LogP contribution < -0.4 is 5.32 Å². The summed E-state index contributed by atoms with van der Waals surface area (Å²) in [5.74, 6) is -0.283. The van der Waals surface area contributed by atoms with Gasteiger partial charge in [0, 0.05) is 21.0 Å². The van der Waals surface area contributed by atoms with E-state index in [1.165, 1.54) is 16.2 Å². The summed E-state index contributed by atoms with van der Waals surface area (Å²) >= 11 is 7.53. The van der Waals surface area contributed by atoms with E-state index >= 15 is 0 Å². The van der Waals surface area contributed by atoms with Gasteiger partial charge in [-0.05, 0) is 49.4 Å². The second-order valence-corrected chi connectivity index (χ2v) is 8.12. The van der Waals surface area contributed by atoms with E-state index in [2.05, 4.69) is 5.32 Å². The lowest BCUT2D eigenvalue weighted by molar-refractivity contribution is 0.102. The Hall–Kier alpha value is -2.43. The summed E-state index contributed by atoms with van der Waals surface area (Å²) in [7, 11) is 0. The zero-order chi connectivity index (χ0) is 18.8. The second kappa shape index (κ2) is 7.67. The van der Waals surface area contributed by atoms with E-state index in [1.807, 2.05) is 30.3 Å². The molecule has 0 bridgehead atoms. The van der Waals surface area contributed by atoms with Crippen molar-refractivity contribution in [3.63, 3.8) is 0 Å². The zero-order valence-corrected chi connectivity index (χ0v) is 16.2. The molecule has 1 aliphatic carbocycles. The molecule has 27 heavy (non-hydrogen) atoms. The maximum absolute atomic E-state index is 13.2. The normalized spacial score (nSPS) is 13.1. The molecule has 0 saturated heterocycles. The summed E-state index contributed by atoms with van der Waals surface area (Å²) in [5.41, 5.74) is 2.87. The highest BCUT2D eigenvalue weighted by Crippen LogP contribution is 2.39. The van der Waals surface area contributed by atoms with Crippen LogP contribution in [-0.4, -0.2) is 11.7 Å². The second-order valence-electron chi connectivity index (χ2n) is 6.57. The molecule has 2 aromatic carbocycles. The molecule has 1 N–H and O–H groups in total. The highest BCUT2D eigenvalue weighted by atomic mass is 35.5. The number of hydrogen-bond donors (Lipinski definition) is 1. The third-order valence-corrected chi connectivity index (χ3v) is 6.19. The molecule has 1 amide bonds. The van der Waals surface area contributed by atoms with E-state index in [4.69, 9.17) is 11.6 Å². The van der Waals surface area contributed by atoms with Gasteiger partial charge in [0.15, 0.2) is 5.78 Å². The zero-order valence-electron chi connectivity index (χ0n) is 14.6. The highest BCUT2D eigenvalue weighted by molar-refractivity contribution is 7.17. The average molecular weight is 396 g/mol. The van der Waals surface area contributed by atoms with Crippen LogP contribution in [0.5, 0.6) is 0 Å². The van der Waals surface area contributed by atoms with Crippen molar-refractivity contribution in [2.45, 2.75) is 25.7 Å². The van der Waals surface area contributed by atoms with Gasteiger partial charge < -0.3 is 5.32 Å². The number of thiophene rings is 1. The van der Waals surface area contributed by atoms with Crippen molar-refractivity contribution in [1.82, 2.24) is 0 Å². The van der Waals surface area contributed by atoms with E-state index in [9.17, 15) is 9.59 Å². The van der Waals surface area contributed by atoms with Gasteiger partial charge in [0.25, 0.3) is 5.91 Å². The average Bonchev–Trinajstić information content (AvgIpc) is 3.06. The van der Waals surface area contributed by atoms with Crippen LogP contribution in [0.2, 0.25) is 5.02 Å². The van der Waals surface area contributed by atoms with Gasteiger partial charge in [-0.25, -0.2) is 0 Å². The molecule has 1 aliphatic rings. The number of anilines is 1. The minimum atomic E-state index is -0.252. The first-order valence-corrected chi connectivity index (χ1v) is 10.1. The molecule has 4 rings (SSSR count). The van der Waals surface area contributed by atoms with Crippen LogP contribution >= 0.6 is 22.9 Å². The Morgan fingerprint density at radius 2 is 1.67 bits per heavy atom. The molecular formula is C22H18ClNO2S. The Morgan fingerprint density at radius 1 is 0.926 bits per heavy atom. The number of benzene rings is 2. The van der Waals surface area contributed by atoms with Gasteiger partial charge >= 0.3 is 0 Å². The Morgan fingerprint density at radius 3 is 2.44 bits per heavy atom. The summed E-state index contributed by atoms with van der Waals surface area (Å²) in [6, 6.07) is 16.1. The number of halogens is 1. The molecule has 3 aromatic rings. The van der Waals surface area contributed by atoms with Crippen LogP contribution in [0, 0.1) is 0 Å². The lowest BCUT2D eigenvalue weighted by Crippen LogP contribution is -2.15. The molecule has 1 heterocycles. The van der Waals surface area contributed by atoms with Gasteiger partial charge in [-0.3, -0.25) is 9.59 Å². The number of amides is 1. The van der Waals surface area contributed by atoms with Crippen molar-refractivity contribution in [2.75, 3.05) is 5.32 Å². The van der Waals surface area contributed by atoms with E-state index < -0.39 is 0 Å². The van der Waals surface area contributed by atoms with E-state index in [0.29, 0.717) is 26.7 Å². The van der Waals surface area contributed by atoms with Gasteiger partial charge in [0.05, 0.1) is 5.56 Å². The van der Waals surface area contributed by atoms with Crippen molar-refractivity contribution in [2.24, 2.45) is 0 Å². The van der Waals surface area contributed by atoms with Gasteiger partial charge in [-0.15, -0.1) is 11.3 Å². The van der Waals surface area contributed by atoms with Crippen molar-refractivity contribution in [3.8, 4) is 0 Å². The fourth-order valence-corrected chi connectivity index (χ4v) is 4.91. The molecule has 0 unspecified atom stereocenters. The molecule has 1 aromatic heterocycles. The molecule has 0 spiro atoms. The fourth-order valence-electron chi connectivity index (χ4n) is 3.43. The van der Waals surface area contributed by atoms with E-state index in [1.54, 1.807) is 24.3 Å². The number of nitrogens with one attached hydrogen (secondary N) is 1. The Balaban J connectivity index is 1.73. The molecule has 136 valence electrons. The molecule has 0 fully saturated rings. The van der Waals surface area contributed by atoms with E-state index in [0.717, 1.165) is 31.2 Å². The maximum Gasteiger partial charge on any atom is 0.256 e. The number of carbonyl (C=O) groups is 2. The SMILES string of the molecule is O=C(Nc1sc2c(c1C(=O)c1ccccc1)CCCC2)c1cccc(Cl)c1. The lowest BCUT2D eigenvalue weighted by Gasteiger charge is -2.12. The predicted octanol–water partition coefficient (Wildman–Crippen LogP) is 5.76. The number of hydrogen-bond acceptors (Lipinski definition) is 3. The number of aryl methyl sites for hydroxylation is 1. The Labute approximate surface area is 167 Å². The van der Waals surface area contributed by atoms with Crippen LogP contribution in [0.1, 0.15) is 49.6 Å². The van der Waals surface area contributed by atoms with E-state index in [-0.39, 0.29) is 11.7 Å². The minimum Gasteiger partial charge on any atom is -0.313 e. The first-order chi connectivity index (χ1) is 13.1. The standard InChI is InChI=1S/C22H18ClNO2S/c23-16-10-6-9-15(13-16)21(26)24-22-19(17-11-4-5-12-18(17)27-22)20(25)14-7-2-1-3-8-14/h1-3,6-10,13H,4-5,11-12H2,(H,24,26). The number of carbonyl (C=O) groups excluding carboxylic acids is 2. The molecule has 0 saturated carbocycles. The van der Waals surface area contributed by atoms with Gasteiger partial charge in [0.1, 0.15) is 5.00 Å². The van der Waals surface area contributed by atoms with Crippen LogP contribution in [0.15, 0.2) is 54.6 Å². The van der Waals surface area contributed by atoms with Crippen LogP contribution in [0.4, 0.5) is 5.00 Å². The molecule has 0 atom stereocenters. The van der Waals surface area contributed by atoms with Crippen molar-refractivity contribution < 1.29 is 9.59 Å². The third-order valence-electron chi connectivity index (χ3n) is 4.75. The molecule has 5 heteroatoms. The molecule has 0 radical (unpaired) electrons. The van der Waals surface area contributed by atoms with Crippen LogP contribution in [0.25, 0.3) is 0 Å². The predicted molar refractivity (Wildman–Crippen MR) is 110 cm³/mol. The number of fused-ring (bicyclic) bond motifs is 1. The van der Waals surface area contributed by atoms with Crippen LogP contribution in [-0.2, 0) is 12.8 Å². The van der Waals surface area contributed by atoms with Crippen molar-refractivity contribution in [1.29, 1.82) is 0 Å². The summed E-state index contributed by atoms with van der Waals surface area (Å²) in [4.78, 5) is 27.1. The van der Waals surface area contributed by atoms with Crippen molar-refractivity contribution in [3.05, 3.63) is 86.8 Å². The molecule has 3 nitrogen and oxygen atoms in total. The summed E-state index contributed by atoms with van der Waals surface area (Å²) in [6.07, 6.45) is 4.03. The largest absolute Gasteiger partial charge is 0.313 e. The highest BCUT2D eigenvalue weighted by Gasteiger charge is 2.27. The molecule has 0 aliphatic heterocycles. The van der Waals surface area contributed by atoms with Gasteiger partial charge in [-0.1, -0.05) is 48.0 Å². The summed E-state index contributed by atoms with van der Waals surface area (Å²) in [6.45, 7) is 0. The number of ketones is 1. The first kappa shape index (κ1) is 18.0. The Kier molecular flexibility index (Phi) is 5.10. The smallest absolute Gasteiger partial charge is 0.256 e. The summed E-state index contributed by atoms with van der Waals surface area (Å²) in [5, 5.41) is 4.11. The minimum absolute atomic E-state index is 0.0311. The maximum atomic E-state index is 13.2. The first-order valence-electron chi connectivity index (χ1n) is 8.94. The Bertz CT molecular complexity index is 1010. The third kappa shape index (κ3) is 3.68. The fraction of sp³-hybridized carbons (Fsp3) is 0.182. The number of rotatable bonds is 4. The molecular weight excluding hydrogens is 378 g/mol. The van der Waals surface area contributed by atoms with Gasteiger partial charge in [0.2, 0.25) is 0 Å².